The maximum Gasteiger partial charge on any atom is 0.239 e. The minimum atomic E-state index is -0.364. The third-order valence-corrected chi connectivity index (χ3v) is 2.99. The Kier molecular flexibility index (Phi) is 4.71. The Morgan fingerprint density at radius 1 is 1.10 bits per heavy atom. The minimum Gasteiger partial charge on any atom is -0.374 e. The molecule has 2 rings (SSSR count). The van der Waals surface area contributed by atoms with Gasteiger partial charge >= 0.3 is 0 Å². The van der Waals surface area contributed by atoms with Crippen LogP contribution >= 0.6 is 0 Å². The lowest BCUT2D eigenvalue weighted by Crippen LogP contribution is -2.32. The van der Waals surface area contributed by atoms with Crippen LogP contribution in [0.25, 0.3) is 0 Å². The fourth-order valence-electron chi connectivity index (χ4n) is 1.90. The summed E-state index contributed by atoms with van der Waals surface area (Å²) in [6, 6.07) is 15.9. The van der Waals surface area contributed by atoms with Crippen molar-refractivity contribution in [2.24, 2.45) is 0 Å². The van der Waals surface area contributed by atoms with Crippen LogP contribution in [0.1, 0.15) is 18.5 Å². The standard InChI is InChI=1S/C16H17FN2O/c1-12(13-7-3-2-4-8-13)19-16(20)11-18-15-10-6-5-9-14(15)17/h2-10,12,18H,11H2,1H3,(H,19,20)/t12-/m1/s1. The van der Waals surface area contributed by atoms with Crippen LogP contribution in [0.3, 0.4) is 0 Å². The van der Waals surface area contributed by atoms with Gasteiger partial charge in [-0.2, -0.15) is 0 Å². The van der Waals surface area contributed by atoms with E-state index in [1.807, 2.05) is 37.3 Å². The van der Waals surface area contributed by atoms with Crippen LogP contribution < -0.4 is 10.6 Å². The van der Waals surface area contributed by atoms with Crippen LogP contribution in [-0.4, -0.2) is 12.5 Å². The number of carbonyl (C=O) groups excluding carboxylic acids is 1. The highest BCUT2D eigenvalue weighted by molar-refractivity contribution is 5.81. The summed E-state index contributed by atoms with van der Waals surface area (Å²) in [5, 5.41) is 5.64. The number of nitrogens with one attached hydrogen (secondary N) is 2. The number of benzene rings is 2. The van der Waals surface area contributed by atoms with Gasteiger partial charge in [0.05, 0.1) is 18.3 Å². The minimum absolute atomic E-state index is 0.0398. The average molecular weight is 272 g/mol. The van der Waals surface area contributed by atoms with Crippen LogP contribution in [0.4, 0.5) is 10.1 Å². The molecule has 0 fully saturated rings. The van der Waals surface area contributed by atoms with E-state index in [-0.39, 0.29) is 24.3 Å². The number of carbonyl (C=O) groups is 1. The van der Waals surface area contributed by atoms with Crippen LogP contribution in [0, 0.1) is 5.82 Å². The first-order chi connectivity index (χ1) is 9.66. The zero-order chi connectivity index (χ0) is 14.4. The van der Waals surface area contributed by atoms with Gasteiger partial charge < -0.3 is 10.6 Å². The van der Waals surface area contributed by atoms with Crippen LogP contribution in [0.5, 0.6) is 0 Å². The molecule has 1 atom stereocenters. The summed E-state index contributed by atoms with van der Waals surface area (Å²) in [5.41, 5.74) is 1.36. The predicted octanol–water partition coefficient (Wildman–Crippen LogP) is 3.12. The van der Waals surface area contributed by atoms with Crippen molar-refractivity contribution < 1.29 is 9.18 Å². The molecule has 0 saturated carbocycles. The van der Waals surface area contributed by atoms with Crippen molar-refractivity contribution in [3.05, 3.63) is 66.0 Å². The van der Waals surface area contributed by atoms with E-state index >= 15 is 0 Å². The number of para-hydroxylation sites is 1. The Morgan fingerprint density at radius 3 is 2.45 bits per heavy atom. The third kappa shape index (κ3) is 3.82. The van der Waals surface area contributed by atoms with E-state index in [0.717, 1.165) is 5.56 Å². The summed E-state index contributed by atoms with van der Waals surface area (Å²) in [6.07, 6.45) is 0. The van der Waals surface area contributed by atoms with Gasteiger partial charge in [-0.1, -0.05) is 42.5 Å². The molecule has 3 nitrogen and oxygen atoms in total. The summed E-state index contributed by atoms with van der Waals surface area (Å²) in [4.78, 5) is 11.8. The summed E-state index contributed by atoms with van der Waals surface area (Å²) < 4.78 is 13.4. The second-order valence-corrected chi connectivity index (χ2v) is 4.53. The van der Waals surface area contributed by atoms with Gasteiger partial charge in [0.25, 0.3) is 0 Å². The SMILES string of the molecule is C[C@@H](NC(=O)CNc1ccccc1F)c1ccccc1. The van der Waals surface area contributed by atoms with Crippen molar-refractivity contribution in [2.75, 3.05) is 11.9 Å². The second-order valence-electron chi connectivity index (χ2n) is 4.53. The van der Waals surface area contributed by atoms with Crippen molar-refractivity contribution in [3.8, 4) is 0 Å². The fourth-order valence-corrected chi connectivity index (χ4v) is 1.90. The first kappa shape index (κ1) is 14.1. The lowest BCUT2D eigenvalue weighted by molar-refractivity contribution is -0.120. The Morgan fingerprint density at radius 2 is 1.75 bits per heavy atom. The largest absolute Gasteiger partial charge is 0.374 e. The molecule has 0 aliphatic carbocycles. The lowest BCUT2D eigenvalue weighted by atomic mass is 10.1. The van der Waals surface area contributed by atoms with Crippen molar-refractivity contribution >= 4 is 11.6 Å². The topological polar surface area (TPSA) is 41.1 Å². The van der Waals surface area contributed by atoms with Gasteiger partial charge in [0.1, 0.15) is 5.82 Å². The predicted molar refractivity (Wildman–Crippen MR) is 77.9 cm³/mol. The van der Waals surface area contributed by atoms with Gasteiger partial charge in [-0.15, -0.1) is 0 Å². The molecule has 0 aliphatic rings. The van der Waals surface area contributed by atoms with E-state index in [9.17, 15) is 9.18 Å². The van der Waals surface area contributed by atoms with Crippen LogP contribution in [-0.2, 0) is 4.79 Å². The van der Waals surface area contributed by atoms with E-state index in [0.29, 0.717) is 5.69 Å². The van der Waals surface area contributed by atoms with E-state index in [4.69, 9.17) is 0 Å². The van der Waals surface area contributed by atoms with Gasteiger partial charge in [0, 0.05) is 0 Å². The van der Waals surface area contributed by atoms with Crippen molar-refractivity contribution in [3.63, 3.8) is 0 Å². The summed E-state index contributed by atoms with van der Waals surface area (Å²) in [6.45, 7) is 1.95. The van der Waals surface area contributed by atoms with Crippen molar-refractivity contribution in [1.29, 1.82) is 0 Å². The van der Waals surface area contributed by atoms with Crippen molar-refractivity contribution in [2.45, 2.75) is 13.0 Å². The quantitative estimate of drug-likeness (QED) is 0.878. The van der Waals surface area contributed by atoms with E-state index in [1.165, 1.54) is 6.07 Å². The highest BCUT2D eigenvalue weighted by Gasteiger charge is 2.09. The molecule has 0 unspecified atom stereocenters. The number of halogens is 1. The Balaban J connectivity index is 1.86. The molecular formula is C16H17FN2O. The molecule has 104 valence electrons. The zero-order valence-corrected chi connectivity index (χ0v) is 11.3. The zero-order valence-electron chi connectivity index (χ0n) is 11.3. The smallest absolute Gasteiger partial charge is 0.239 e. The normalized spacial score (nSPS) is 11.7. The highest BCUT2D eigenvalue weighted by Crippen LogP contribution is 2.13. The molecular weight excluding hydrogens is 255 g/mol. The molecule has 1 amide bonds. The Labute approximate surface area is 117 Å². The fraction of sp³-hybridized carbons (Fsp3) is 0.188. The van der Waals surface area contributed by atoms with E-state index < -0.39 is 0 Å². The molecule has 4 heteroatoms. The van der Waals surface area contributed by atoms with Gasteiger partial charge in [0.2, 0.25) is 5.91 Å². The number of anilines is 1. The first-order valence-corrected chi connectivity index (χ1v) is 6.49. The van der Waals surface area contributed by atoms with Crippen LogP contribution in [0.2, 0.25) is 0 Å². The summed E-state index contributed by atoms with van der Waals surface area (Å²) in [7, 11) is 0. The summed E-state index contributed by atoms with van der Waals surface area (Å²) in [5.74, 6) is -0.541. The number of amides is 1. The molecule has 2 aromatic carbocycles. The number of hydrogen-bond acceptors (Lipinski definition) is 2. The maximum atomic E-state index is 13.4. The van der Waals surface area contributed by atoms with Gasteiger partial charge in [-0.3, -0.25) is 4.79 Å². The monoisotopic (exact) mass is 272 g/mol. The lowest BCUT2D eigenvalue weighted by Gasteiger charge is -2.15. The molecule has 2 aromatic rings. The molecule has 0 bridgehead atoms. The molecule has 0 heterocycles. The maximum absolute atomic E-state index is 13.4. The molecule has 2 N–H and O–H groups in total. The third-order valence-electron chi connectivity index (χ3n) is 2.99. The molecule has 0 saturated heterocycles. The van der Waals surface area contributed by atoms with Gasteiger partial charge in [-0.25, -0.2) is 4.39 Å². The van der Waals surface area contributed by atoms with Gasteiger partial charge in [0.15, 0.2) is 0 Å². The molecule has 20 heavy (non-hydrogen) atoms. The summed E-state index contributed by atoms with van der Waals surface area (Å²) >= 11 is 0. The molecule has 0 radical (unpaired) electrons. The van der Waals surface area contributed by atoms with E-state index in [1.54, 1.807) is 18.2 Å². The average Bonchev–Trinajstić information content (AvgIpc) is 2.47. The Hall–Kier alpha value is -2.36. The van der Waals surface area contributed by atoms with Crippen molar-refractivity contribution in [1.82, 2.24) is 5.32 Å². The molecule has 0 spiro atoms. The second kappa shape index (κ2) is 6.70. The number of rotatable bonds is 5. The number of hydrogen-bond donors (Lipinski definition) is 2. The molecule has 0 aliphatic heterocycles. The van der Waals surface area contributed by atoms with Crippen LogP contribution in [0.15, 0.2) is 54.6 Å². The van der Waals surface area contributed by atoms with E-state index in [2.05, 4.69) is 10.6 Å². The Bertz CT molecular complexity index is 572. The van der Waals surface area contributed by atoms with Gasteiger partial charge in [-0.05, 0) is 24.6 Å². The molecule has 0 aromatic heterocycles. The highest BCUT2D eigenvalue weighted by atomic mass is 19.1. The first-order valence-electron chi connectivity index (χ1n) is 6.49.